The van der Waals surface area contributed by atoms with Gasteiger partial charge in [-0.05, 0) is 6.42 Å². The topological polar surface area (TPSA) is 32.3 Å². The van der Waals surface area contributed by atoms with E-state index in [1.165, 1.54) is 0 Å². The van der Waals surface area contributed by atoms with Crippen LogP contribution in [0.4, 0.5) is 13.2 Å². The van der Waals surface area contributed by atoms with Gasteiger partial charge in [-0.15, -0.1) is 0 Å². The van der Waals surface area contributed by atoms with E-state index in [2.05, 4.69) is 5.32 Å². The Bertz CT molecular complexity index is 224. The number of likely N-dealkylation sites (tertiary alicyclic amines) is 1. The minimum absolute atomic E-state index is 0.0301. The highest BCUT2D eigenvalue weighted by Gasteiger charge is 2.34. The zero-order valence-electron chi connectivity index (χ0n) is 8.60. The van der Waals surface area contributed by atoms with Crippen LogP contribution in [0.1, 0.15) is 19.8 Å². The minimum Gasteiger partial charge on any atom is -0.339 e. The van der Waals surface area contributed by atoms with Crippen molar-refractivity contribution in [2.24, 2.45) is 0 Å². The summed E-state index contributed by atoms with van der Waals surface area (Å²) in [6, 6.07) is -0.201. The van der Waals surface area contributed by atoms with E-state index in [4.69, 9.17) is 0 Å². The van der Waals surface area contributed by atoms with Crippen molar-refractivity contribution in [1.82, 2.24) is 10.2 Å². The van der Waals surface area contributed by atoms with Crippen LogP contribution in [-0.4, -0.2) is 42.7 Å². The van der Waals surface area contributed by atoms with Crippen LogP contribution >= 0.6 is 0 Å². The summed E-state index contributed by atoms with van der Waals surface area (Å²) < 4.78 is 35.4. The second-order valence-corrected chi connectivity index (χ2v) is 3.74. The molecular weight excluding hydrogens is 209 g/mol. The highest BCUT2D eigenvalue weighted by molar-refractivity contribution is 5.77. The lowest BCUT2D eigenvalue weighted by Gasteiger charge is -2.40. The molecule has 1 rings (SSSR count). The summed E-state index contributed by atoms with van der Waals surface area (Å²) in [4.78, 5) is 12.8. The van der Waals surface area contributed by atoms with Gasteiger partial charge < -0.3 is 10.2 Å². The Hall–Kier alpha value is -0.780. The predicted molar refractivity (Wildman–Crippen MR) is 49.3 cm³/mol. The Kier molecular flexibility index (Phi) is 3.96. The van der Waals surface area contributed by atoms with Gasteiger partial charge in [-0.25, -0.2) is 0 Å². The predicted octanol–water partition coefficient (Wildman–Crippen LogP) is 1.15. The molecule has 0 spiro atoms. The van der Waals surface area contributed by atoms with Crippen molar-refractivity contribution in [2.45, 2.75) is 32.0 Å². The molecular formula is C9H15F3N2O. The lowest BCUT2D eigenvalue weighted by Crippen LogP contribution is -2.60. The van der Waals surface area contributed by atoms with Crippen LogP contribution < -0.4 is 5.32 Å². The van der Waals surface area contributed by atoms with Crippen molar-refractivity contribution < 1.29 is 18.0 Å². The fourth-order valence-electron chi connectivity index (χ4n) is 1.44. The minimum atomic E-state index is -4.17. The number of halogens is 3. The molecule has 0 bridgehead atoms. The second-order valence-electron chi connectivity index (χ2n) is 3.74. The lowest BCUT2D eigenvalue weighted by atomic mass is 10.1. The Morgan fingerprint density at radius 3 is 2.53 bits per heavy atom. The van der Waals surface area contributed by atoms with Gasteiger partial charge in [0.1, 0.15) is 0 Å². The molecule has 0 aliphatic carbocycles. The van der Waals surface area contributed by atoms with Crippen LogP contribution in [0.2, 0.25) is 0 Å². The molecule has 6 heteroatoms. The largest absolute Gasteiger partial charge is 0.401 e. The number of hydrogen-bond acceptors (Lipinski definition) is 2. The first kappa shape index (κ1) is 12.3. The SMILES string of the molecule is CCCC(=O)N1CC(NCC(F)(F)F)C1. The Balaban J connectivity index is 2.13. The van der Waals surface area contributed by atoms with Crippen LogP contribution in [0.25, 0.3) is 0 Å². The third-order valence-corrected chi connectivity index (χ3v) is 2.29. The maximum absolute atomic E-state index is 11.8. The average Bonchev–Trinajstić information content (AvgIpc) is 1.99. The van der Waals surface area contributed by atoms with E-state index in [-0.39, 0.29) is 11.9 Å². The van der Waals surface area contributed by atoms with Gasteiger partial charge in [-0.3, -0.25) is 4.79 Å². The molecule has 0 aromatic carbocycles. The molecule has 0 radical (unpaired) electrons. The first-order chi connectivity index (χ1) is 6.92. The maximum Gasteiger partial charge on any atom is 0.401 e. The number of alkyl halides is 3. The van der Waals surface area contributed by atoms with E-state index in [1.807, 2.05) is 6.92 Å². The van der Waals surface area contributed by atoms with Gasteiger partial charge in [0.25, 0.3) is 0 Å². The summed E-state index contributed by atoms with van der Waals surface area (Å²) in [5.41, 5.74) is 0. The van der Waals surface area contributed by atoms with Crippen molar-refractivity contribution in [3.8, 4) is 0 Å². The molecule has 0 atom stereocenters. The average molecular weight is 224 g/mol. The van der Waals surface area contributed by atoms with Crippen LogP contribution in [0, 0.1) is 0 Å². The number of nitrogens with one attached hydrogen (secondary N) is 1. The van der Waals surface area contributed by atoms with E-state index in [0.717, 1.165) is 6.42 Å². The zero-order valence-corrected chi connectivity index (χ0v) is 8.60. The molecule has 1 aliphatic heterocycles. The quantitative estimate of drug-likeness (QED) is 0.777. The first-order valence-electron chi connectivity index (χ1n) is 5.00. The number of carbonyl (C=O) groups is 1. The highest BCUT2D eigenvalue weighted by atomic mass is 19.4. The van der Waals surface area contributed by atoms with E-state index in [0.29, 0.717) is 19.5 Å². The number of nitrogens with zero attached hydrogens (tertiary/aromatic N) is 1. The molecule has 1 aliphatic rings. The molecule has 0 aromatic heterocycles. The molecule has 1 N–H and O–H groups in total. The third-order valence-electron chi connectivity index (χ3n) is 2.29. The van der Waals surface area contributed by atoms with Gasteiger partial charge in [-0.1, -0.05) is 6.92 Å². The van der Waals surface area contributed by atoms with Crippen molar-refractivity contribution in [3.05, 3.63) is 0 Å². The number of hydrogen-bond donors (Lipinski definition) is 1. The molecule has 1 amide bonds. The summed E-state index contributed by atoms with van der Waals surface area (Å²) in [5, 5.41) is 2.37. The molecule has 0 unspecified atom stereocenters. The highest BCUT2D eigenvalue weighted by Crippen LogP contribution is 2.15. The second kappa shape index (κ2) is 4.83. The number of amides is 1. The summed E-state index contributed by atoms with van der Waals surface area (Å²) in [6.07, 6.45) is -2.92. The van der Waals surface area contributed by atoms with E-state index in [9.17, 15) is 18.0 Å². The van der Waals surface area contributed by atoms with Gasteiger partial charge in [0, 0.05) is 25.6 Å². The molecule has 1 saturated heterocycles. The first-order valence-corrected chi connectivity index (χ1v) is 5.00. The van der Waals surface area contributed by atoms with Gasteiger partial charge >= 0.3 is 6.18 Å². The van der Waals surface area contributed by atoms with E-state index >= 15 is 0 Å². The van der Waals surface area contributed by atoms with Gasteiger partial charge in [-0.2, -0.15) is 13.2 Å². The summed E-state index contributed by atoms with van der Waals surface area (Å²) in [6.45, 7) is 1.72. The van der Waals surface area contributed by atoms with Gasteiger partial charge in [0.2, 0.25) is 5.91 Å². The van der Waals surface area contributed by atoms with Crippen LogP contribution in [0.15, 0.2) is 0 Å². The number of rotatable bonds is 4. The van der Waals surface area contributed by atoms with Crippen molar-refractivity contribution in [3.63, 3.8) is 0 Å². The van der Waals surface area contributed by atoms with Crippen molar-refractivity contribution >= 4 is 5.91 Å². The molecule has 0 saturated carbocycles. The smallest absolute Gasteiger partial charge is 0.339 e. The lowest BCUT2D eigenvalue weighted by molar-refractivity contribution is -0.139. The van der Waals surface area contributed by atoms with Crippen LogP contribution in [0.5, 0.6) is 0 Å². The molecule has 1 heterocycles. The normalized spacial score (nSPS) is 17.7. The zero-order chi connectivity index (χ0) is 11.5. The van der Waals surface area contributed by atoms with Crippen LogP contribution in [-0.2, 0) is 4.79 Å². The van der Waals surface area contributed by atoms with E-state index < -0.39 is 12.7 Å². The Morgan fingerprint density at radius 1 is 1.47 bits per heavy atom. The fourth-order valence-corrected chi connectivity index (χ4v) is 1.44. The van der Waals surface area contributed by atoms with E-state index in [1.54, 1.807) is 4.90 Å². The molecule has 15 heavy (non-hydrogen) atoms. The fraction of sp³-hybridized carbons (Fsp3) is 0.889. The summed E-state index contributed by atoms with van der Waals surface area (Å²) >= 11 is 0. The third kappa shape index (κ3) is 4.07. The molecule has 3 nitrogen and oxygen atoms in total. The molecule has 0 aromatic rings. The maximum atomic E-state index is 11.8. The van der Waals surface area contributed by atoms with Crippen LogP contribution in [0.3, 0.4) is 0 Å². The molecule has 88 valence electrons. The van der Waals surface area contributed by atoms with Gasteiger partial charge in [0.05, 0.1) is 6.54 Å². The van der Waals surface area contributed by atoms with Crippen molar-refractivity contribution in [2.75, 3.05) is 19.6 Å². The molecule has 1 fully saturated rings. The Labute approximate surface area is 86.6 Å². The van der Waals surface area contributed by atoms with Crippen molar-refractivity contribution in [1.29, 1.82) is 0 Å². The van der Waals surface area contributed by atoms with Gasteiger partial charge in [0.15, 0.2) is 0 Å². The number of carbonyl (C=O) groups excluding carboxylic acids is 1. The summed E-state index contributed by atoms with van der Waals surface area (Å²) in [5.74, 6) is 0.0301. The Morgan fingerprint density at radius 2 is 2.07 bits per heavy atom. The monoisotopic (exact) mass is 224 g/mol. The standard InChI is InChI=1S/C9H15F3N2O/c1-2-3-8(15)14-4-7(5-14)13-6-9(10,11)12/h7,13H,2-6H2,1H3. The summed E-state index contributed by atoms with van der Waals surface area (Å²) in [7, 11) is 0.